The second-order valence-corrected chi connectivity index (χ2v) is 7.96. The number of fused-ring (bicyclic) bond motifs is 1. The lowest BCUT2D eigenvalue weighted by molar-refractivity contribution is 0.0955. The number of hydrogen-bond donors (Lipinski definition) is 1. The number of carbonyl (C=O) groups excluding carboxylic acids is 1. The summed E-state index contributed by atoms with van der Waals surface area (Å²) in [7, 11) is -2.98. The Kier molecular flexibility index (Phi) is 3.35. The van der Waals surface area contributed by atoms with Gasteiger partial charge in [0.15, 0.2) is 9.84 Å². The molecular formula is C14H13NO3S2. The number of carbonyl (C=O) groups is 1. The van der Waals surface area contributed by atoms with E-state index in [0.29, 0.717) is 11.4 Å². The molecule has 1 aliphatic heterocycles. The average Bonchev–Trinajstić information content (AvgIpc) is 2.90. The van der Waals surface area contributed by atoms with Crippen molar-refractivity contribution in [3.63, 3.8) is 0 Å². The van der Waals surface area contributed by atoms with Crippen molar-refractivity contribution in [3.8, 4) is 0 Å². The van der Waals surface area contributed by atoms with E-state index < -0.39 is 9.84 Å². The zero-order valence-corrected chi connectivity index (χ0v) is 12.3. The standard InChI is InChI=1S/C14H13NO3S2/c16-14(15-7-10-4-2-1-3-5-10)12-6-11-8-20(17,18)9-13(11)19-12/h1-6H,7-9H2,(H,15,16). The van der Waals surface area contributed by atoms with E-state index in [4.69, 9.17) is 0 Å². The maximum Gasteiger partial charge on any atom is 0.261 e. The lowest BCUT2D eigenvalue weighted by Gasteiger charge is -2.03. The molecule has 4 nitrogen and oxygen atoms in total. The van der Waals surface area contributed by atoms with Crippen LogP contribution in [0.3, 0.4) is 0 Å². The summed E-state index contributed by atoms with van der Waals surface area (Å²) in [5.41, 5.74) is 1.81. The van der Waals surface area contributed by atoms with E-state index in [9.17, 15) is 13.2 Å². The molecule has 0 bridgehead atoms. The Morgan fingerprint density at radius 1 is 1.20 bits per heavy atom. The summed E-state index contributed by atoms with van der Waals surface area (Å²) >= 11 is 1.28. The van der Waals surface area contributed by atoms with Crippen molar-refractivity contribution in [3.05, 3.63) is 57.3 Å². The van der Waals surface area contributed by atoms with Gasteiger partial charge in [-0.3, -0.25) is 4.79 Å². The lowest BCUT2D eigenvalue weighted by Crippen LogP contribution is -2.21. The number of amides is 1. The number of thiophene rings is 1. The Labute approximate surface area is 121 Å². The Hall–Kier alpha value is -1.66. The minimum absolute atomic E-state index is 0.0603. The maximum atomic E-state index is 12.0. The molecule has 0 spiro atoms. The molecule has 104 valence electrons. The maximum absolute atomic E-state index is 12.0. The van der Waals surface area contributed by atoms with Gasteiger partial charge in [0.05, 0.1) is 16.4 Å². The molecule has 0 saturated carbocycles. The molecule has 20 heavy (non-hydrogen) atoms. The highest BCUT2D eigenvalue weighted by atomic mass is 32.2. The van der Waals surface area contributed by atoms with Gasteiger partial charge in [0, 0.05) is 11.4 Å². The first-order valence-corrected chi connectivity index (χ1v) is 8.81. The van der Waals surface area contributed by atoms with Crippen LogP contribution in [0.2, 0.25) is 0 Å². The number of sulfone groups is 1. The van der Waals surface area contributed by atoms with Gasteiger partial charge in [-0.2, -0.15) is 0 Å². The third-order valence-corrected chi connectivity index (χ3v) is 5.98. The van der Waals surface area contributed by atoms with Gasteiger partial charge in [0.25, 0.3) is 5.91 Å². The molecule has 6 heteroatoms. The summed E-state index contributed by atoms with van der Waals surface area (Å²) in [4.78, 5) is 13.4. The Morgan fingerprint density at radius 2 is 1.95 bits per heavy atom. The molecule has 0 radical (unpaired) electrons. The summed E-state index contributed by atoms with van der Waals surface area (Å²) in [5.74, 6) is -0.0188. The smallest absolute Gasteiger partial charge is 0.261 e. The fraction of sp³-hybridized carbons (Fsp3) is 0.214. The summed E-state index contributed by atoms with van der Waals surface area (Å²) in [6.07, 6.45) is 0. The first kappa shape index (κ1) is 13.3. The molecule has 1 aromatic carbocycles. The zero-order chi connectivity index (χ0) is 14.2. The molecule has 0 atom stereocenters. The van der Waals surface area contributed by atoms with E-state index in [1.54, 1.807) is 6.07 Å². The van der Waals surface area contributed by atoms with E-state index in [1.807, 2.05) is 30.3 Å². The van der Waals surface area contributed by atoms with Crippen LogP contribution in [0.1, 0.15) is 25.7 Å². The van der Waals surface area contributed by atoms with E-state index in [-0.39, 0.29) is 17.4 Å². The molecular weight excluding hydrogens is 294 g/mol. The SMILES string of the molecule is O=C(NCc1ccccc1)c1cc2c(s1)CS(=O)(=O)C2. The van der Waals surface area contributed by atoms with Crippen molar-refractivity contribution in [1.82, 2.24) is 5.32 Å². The highest BCUT2D eigenvalue weighted by molar-refractivity contribution is 7.90. The Balaban J connectivity index is 1.68. The fourth-order valence-corrected chi connectivity index (χ4v) is 5.35. The van der Waals surface area contributed by atoms with Crippen LogP contribution in [0, 0.1) is 0 Å². The third-order valence-electron chi connectivity index (χ3n) is 3.14. The number of nitrogens with one attached hydrogen (secondary N) is 1. The van der Waals surface area contributed by atoms with Gasteiger partial charge in [-0.15, -0.1) is 11.3 Å². The molecule has 1 aromatic heterocycles. The number of benzene rings is 1. The largest absolute Gasteiger partial charge is 0.347 e. The molecule has 1 N–H and O–H groups in total. The first-order valence-electron chi connectivity index (χ1n) is 6.18. The van der Waals surface area contributed by atoms with Crippen LogP contribution < -0.4 is 5.32 Å². The topological polar surface area (TPSA) is 63.2 Å². The molecule has 0 fully saturated rings. The number of hydrogen-bond acceptors (Lipinski definition) is 4. The predicted octanol–water partition coefficient (Wildman–Crippen LogP) is 2.11. The summed E-state index contributed by atoms with van der Waals surface area (Å²) in [6.45, 7) is 0.473. The van der Waals surface area contributed by atoms with Gasteiger partial charge in [-0.25, -0.2) is 8.42 Å². The molecule has 2 heterocycles. The summed E-state index contributed by atoms with van der Waals surface area (Å²) < 4.78 is 22.9. The van der Waals surface area contributed by atoms with Crippen LogP contribution in [0.5, 0.6) is 0 Å². The second-order valence-electron chi connectivity index (χ2n) is 4.76. The molecule has 2 aromatic rings. The van der Waals surface area contributed by atoms with Gasteiger partial charge in [0.1, 0.15) is 0 Å². The van der Waals surface area contributed by atoms with E-state index in [0.717, 1.165) is 16.0 Å². The Morgan fingerprint density at radius 3 is 2.65 bits per heavy atom. The minimum Gasteiger partial charge on any atom is -0.347 e. The fourth-order valence-electron chi connectivity index (χ4n) is 2.18. The van der Waals surface area contributed by atoms with Crippen LogP contribution in [-0.4, -0.2) is 14.3 Å². The van der Waals surface area contributed by atoms with Crippen molar-refractivity contribution in [2.45, 2.75) is 18.1 Å². The molecule has 1 amide bonds. The summed E-state index contributed by atoms with van der Waals surface area (Å²) in [6, 6.07) is 11.4. The van der Waals surface area contributed by atoms with Crippen LogP contribution in [-0.2, 0) is 27.9 Å². The van der Waals surface area contributed by atoms with Crippen molar-refractivity contribution < 1.29 is 13.2 Å². The minimum atomic E-state index is -2.98. The van der Waals surface area contributed by atoms with Crippen LogP contribution in [0.4, 0.5) is 0 Å². The van der Waals surface area contributed by atoms with Crippen LogP contribution in [0.25, 0.3) is 0 Å². The average molecular weight is 307 g/mol. The van der Waals surface area contributed by atoms with Gasteiger partial charge in [-0.05, 0) is 17.2 Å². The molecule has 0 saturated heterocycles. The molecule has 1 aliphatic rings. The highest BCUT2D eigenvalue weighted by Crippen LogP contribution is 2.32. The van der Waals surface area contributed by atoms with Gasteiger partial charge < -0.3 is 5.32 Å². The normalized spacial score (nSPS) is 15.8. The van der Waals surface area contributed by atoms with Crippen LogP contribution in [0.15, 0.2) is 36.4 Å². The predicted molar refractivity (Wildman–Crippen MR) is 78.3 cm³/mol. The lowest BCUT2D eigenvalue weighted by atomic mass is 10.2. The van der Waals surface area contributed by atoms with E-state index >= 15 is 0 Å². The van der Waals surface area contributed by atoms with Crippen molar-refractivity contribution >= 4 is 27.1 Å². The van der Waals surface area contributed by atoms with Crippen molar-refractivity contribution in [2.75, 3.05) is 0 Å². The van der Waals surface area contributed by atoms with Gasteiger partial charge >= 0.3 is 0 Å². The van der Waals surface area contributed by atoms with Gasteiger partial charge in [-0.1, -0.05) is 30.3 Å². The first-order chi connectivity index (χ1) is 9.53. The van der Waals surface area contributed by atoms with Crippen molar-refractivity contribution in [2.24, 2.45) is 0 Å². The quantitative estimate of drug-likeness (QED) is 0.944. The van der Waals surface area contributed by atoms with Crippen molar-refractivity contribution in [1.29, 1.82) is 0 Å². The van der Waals surface area contributed by atoms with E-state index in [2.05, 4.69) is 5.32 Å². The van der Waals surface area contributed by atoms with Crippen LogP contribution >= 0.6 is 11.3 Å². The summed E-state index contributed by atoms with van der Waals surface area (Å²) in [5, 5.41) is 2.85. The highest BCUT2D eigenvalue weighted by Gasteiger charge is 2.28. The van der Waals surface area contributed by atoms with Gasteiger partial charge in [0.2, 0.25) is 0 Å². The monoisotopic (exact) mass is 307 g/mol. The molecule has 0 unspecified atom stereocenters. The second kappa shape index (κ2) is 5.03. The molecule has 3 rings (SSSR count). The third kappa shape index (κ3) is 2.76. The van der Waals surface area contributed by atoms with E-state index in [1.165, 1.54) is 11.3 Å². The number of rotatable bonds is 3. The zero-order valence-electron chi connectivity index (χ0n) is 10.6. The Bertz CT molecular complexity index is 718. The molecule has 0 aliphatic carbocycles.